The topological polar surface area (TPSA) is 77.2 Å². The number of benzene rings is 1. The molecule has 0 spiro atoms. The molecule has 2 heterocycles. The van der Waals surface area contributed by atoms with Gasteiger partial charge in [0.15, 0.2) is 6.61 Å². The van der Waals surface area contributed by atoms with Crippen molar-refractivity contribution in [3.63, 3.8) is 0 Å². The Kier molecular flexibility index (Phi) is 4.68. The molecule has 0 aliphatic heterocycles. The van der Waals surface area contributed by atoms with Gasteiger partial charge in [-0.25, -0.2) is 0 Å². The van der Waals surface area contributed by atoms with E-state index in [2.05, 4.69) is 15.5 Å². The fourth-order valence-electron chi connectivity index (χ4n) is 2.03. The summed E-state index contributed by atoms with van der Waals surface area (Å²) in [6.07, 6.45) is 1.28. The van der Waals surface area contributed by atoms with Crippen molar-refractivity contribution in [2.75, 3.05) is 6.61 Å². The zero-order chi connectivity index (χ0) is 16.1. The first kappa shape index (κ1) is 15.2. The fourth-order valence-corrected chi connectivity index (χ4v) is 2.77. The highest BCUT2D eigenvalue weighted by molar-refractivity contribution is 7.10. The Bertz CT molecular complexity index is 739. The van der Waals surface area contributed by atoms with Gasteiger partial charge in [0.25, 0.3) is 5.91 Å². The van der Waals surface area contributed by atoms with Gasteiger partial charge >= 0.3 is 0 Å². The van der Waals surface area contributed by atoms with Gasteiger partial charge in [0.05, 0.1) is 6.04 Å². The second-order valence-corrected chi connectivity index (χ2v) is 5.84. The lowest BCUT2D eigenvalue weighted by Gasteiger charge is -2.12. The summed E-state index contributed by atoms with van der Waals surface area (Å²) in [4.78, 5) is 13.0. The van der Waals surface area contributed by atoms with E-state index in [0.29, 0.717) is 11.6 Å². The first-order chi connectivity index (χ1) is 11.2. The number of nitrogens with one attached hydrogen (secondary N) is 1. The first-order valence-electron chi connectivity index (χ1n) is 7.04. The summed E-state index contributed by atoms with van der Waals surface area (Å²) in [5.41, 5.74) is 0.797. The standard InChI is InChI=1S/C16H15N3O3S/c1-11(14-3-2-8-23-14)18-15(20)9-21-13-6-4-12(5-7-13)16-19-17-10-22-16/h2-8,10-11H,9H2,1H3,(H,18,20). The maximum Gasteiger partial charge on any atom is 0.258 e. The van der Waals surface area contributed by atoms with Crippen LogP contribution < -0.4 is 10.1 Å². The van der Waals surface area contributed by atoms with Crippen LogP contribution in [0.3, 0.4) is 0 Å². The molecular weight excluding hydrogens is 314 g/mol. The molecule has 0 saturated heterocycles. The SMILES string of the molecule is CC(NC(=O)COc1ccc(-c2nnco2)cc1)c1cccs1. The van der Waals surface area contributed by atoms with Gasteiger partial charge in [0, 0.05) is 10.4 Å². The number of carbonyl (C=O) groups is 1. The van der Waals surface area contributed by atoms with Gasteiger partial charge in [0.1, 0.15) is 5.75 Å². The molecule has 0 saturated carbocycles. The monoisotopic (exact) mass is 329 g/mol. The number of ether oxygens (including phenoxy) is 1. The summed E-state index contributed by atoms with van der Waals surface area (Å²) in [5, 5.41) is 12.3. The molecule has 0 aliphatic carbocycles. The Morgan fingerprint density at radius 2 is 2.17 bits per heavy atom. The Labute approximate surface area is 137 Å². The summed E-state index contributed by atoms with van der Waals surface area (Å²) in [5.74, 6) is 0.887. The van der Waals surface area contributed by atoms with Crippen LogP contribution in [0.15, 0.2) is 52.6 Å². The van der Waals surface area contributed by atoms with Crippen LogP contribution in [0.2, 0.25) is 0 Å². The lowest BCUT2D eigenvalue weighted by molar-refractivity contribution is -0.123. The molecule has 0 bridgehead atoms. The van der Waals surface area contributed by atoms with E-state index in [1.165, 1.54) is 6.39 Å². The van der Waals surface area contributed by atoms with Crippen LogP contribution in [-0.4, -0.2) is 22.7 Å². The van der Waals surface area contributed by atoms with E-state index in [1.807, 2.05) is 24.4 Å². The van der Waals surface area contributed by atoms with Crippen LogP contribution in [0.5, 0.6) is 5.75 Å². The fraction of sp³-hybridized carbons (Fsp3) is 0.188. The summed E-state index contributed by atoms with van der Waals surface area (Å²) < 4.78 is 10.6. The van der Waals surface area contributed by atoms with Crippen molar-refractivity contribution in [2.45, 2.75) is 13.0 Å². The van der Waals surface area contributed by atoms with Crippen LogP contribution in [0, 0.1) is 0 Å². The first-order valence-corrected chi connectivity index (χ1v) is 7.92. The highest BCUT2D eigenvalue weighted by Gasteiger charge is 2.11. The molecule has 0 fully saturated rings. The molecule has 0 radical (unpaired) electrons. The van der Waals surface area contributed by atoms with Crippen LogP contribution in [-0.2, 0) is 4.79 Å². The summed E-state index contributed by atoms with van der Waals surface area (Å²) in [6, 6.07) is 11.1. The zero-order valence-electron chi connectivity index (χ0n) is 12.4. The number of aromatic nitrogens is 2. The number of amides is 1. The predicted octanol–water partition coefficient (Wildman–Crippen LogP) is 3.05. The van der Waals surface area contributed by atoms with Crippen molar-refractivity contribution < 1.29 is 13.9 Å². The minimum atomic E-state index is -0.160. The summed E-state index contributed by atoms with van der Waals surface area (Å²) in [7, 11) is 0. The molecule has 6 nitrogen and oxygen atoms in total. The second-order valence-electron chi connectivity index (χ2n) is 4.86. The molecular formula is C16H15N3O3S. The largest absolute Gasteiger partial charge is 0.484 e. The molecule has 1 amide bonds. The zero-order valence-corrected chi connectivity index (χ0v) is 13.2. The van der Waals surface area contributed by atoms with Gasteiger partial charge < -0.3 is 14.5 Å². The molecule has 1 atom stereocenters. The summed E-state index contributed by atoms with van der Waals surface area (Å²) in [6.45, 7) is 1.92. The third-order valence-electron chi connectivity index (χ3n) is 3.18. The highest BCUT2D eigenvalue weighted by Crippen LogP contribution is 2.20. The molecule has 2 aromatic heterocycles. The van der Waals surface area contributed by atoms with E-state index in [1.54, 1.807) is 35.6 Å². The Hall–Kier alpha value is -2.67. The van der Waals surface area contributed by atoms with Crippen molar-refractivity contribution in [1.82, 2.24) is 15.5 Å². The van der Waals surface area contributed by atoms with E-state index in [4.69, 9.17) is 9.15 Å². The molecule has 3 rings (SSSR count). The van der Waals surface area contributed by atoms with Crippen LogP contribution in [0.1, 0.15) is 17.8 Å². The van der Waals surface area contributed by atoms with Gasteiger partial charge in [-0.2, -0.15) is 0 Å². The Morgan fingerprint density at radius 3 is 2.83 bits per heavy atom. The quantitative estimate of drug-likeness (QED) is 0.752. The van der Waals surface area contributed by atoms with Crippen molar-refractivity contribution >= 4 is 17.2 Å². The third-order valence-corrected chi connectivity index (χ3v) is 4.23. The smallest absolute Gasteiger partial charge is 0.258 e. The molecule has 23 heavy (non-hydrogen) atoms. The van der Waals surface area contributed by atoms with E-state index in [9.17, 15) is 4.79 Å². The lowest BCUT2D eigenvalue weighted by Crippen LogP contribution is -2.30. The second kappa shape index (κ2) is 7.06. The average molecular weight is 329 g/mol. The number of carbonyl (C=O) groups excluding carboxylic acids is 1. The van der Waals surface area contributed by atoms with Gasteiger partial charge in [-0.05, 0) is 42.6 Å². The van der Waals surface area contributed by atoms with E-state index >= 15 is 0 Å². The van der Waals surface area contributed by atoms with E-state index in [0.717, 1.165) is 10.4 Å². The predicted molar refractivity (Wildman–Crippen MR) is 86.1 cm³/mol. The molecule has 1 unspecified atom stereocenters. The molecule has 1 N–H and O–H groups in total. The molecule has 0 aliphatic rings. The van der Waals surface area contributed by atoms with Crippen LogP contribution in [0.4, 0.5) is 0 Å². The maximum atomic E-state index is 11.9. The average Bonchev–Trinajstić information content (AvgIpc) is 3.26. The van der Waals surface area contributed by atoms with Gasteiger partial charge in [-0.3, -0.25) is 4.79 Å². The number of rotatable bonds is 6. The van der Waals surface area contributed by atoms with E-state index in [-0.39, 0.29) is 18.6 Å². The van der Waals surface area contributed by atoms with Crippen LogP contribution >= 0.6 is 11.3 Å². The molecule has 3 aromatic rings. The Morgan fingerprint density at radius 1 is 1.35 bits per heavy atom. The number of hydrogen-bond acceptors (Lipinski definition) is 6. The minimum absolute atomic E-state index is 0.0222. The summed E-state index contributed by atoms with van der Waals surface area (Å²) >= 11 is 1.61. The lowest BCUT2D eigenvalue weighted by atomic mass is 10.2. The van der Waals surface area contributed by atoms with Crippen LogP contribution in [0.25, 0.3) is 11.5 Å². The van der Waals surface area contributed by atoms with Crippen molar-refractivity contribution in [3.8, 4) is 17.2 Å². The molecule has 7 heteroatoms. The van der Waals surface area contributed by atoms with E-state index < -0.39 is 0 Å². The Balaban J connectivity index is 1.51. The highest BCUT2D eigenvalue weighted by atomic mass is 32.1. The maximum absolute atomic E-state index is 11.9. The van der Waals surface area contributed by atoms with Gasteiger partial charge in [-0.1, -0.05) is 6.07 Å². The molecule has 1 aromatic carbocycles. The van der Waals surface area contributed by atoms with Crippen molar-refractivity contribution in [3.05, 3.63) is 53.0 Å². The van der Waals surface area contributed by atoms with Gasteiger partial charge in [0.2, 0.25) is 12.3 Å². The molecule has 118 valence electrons. The third kappa shape index (κ3) is 3.95. The number of hydrogen-bond donors (Lipinski definition) is 1. The normalized spacial score (nSPS) is 11.9. The van der Waals surface area contributed by atoms with Gasteiger partial charge in [-0.15, -0.1) is 21.5 Å². The number of nitrogens with zero attached hydrogens (tertiary/aromatic N) is 2. The minimum Gasteiger partial charge on any atom is -0.484 e. The van der Waals surface area contributed by atoms with Crippen molar-refractivity contribution in [1.29, 1.82) is 0 Å². The van der Waals surface area contributed by atoms with Crippen molar-refractivity contribution in [2.24, 2.45) is 0 Å². The number of thiophene rings is 1.